The fourth-order valence-electron chi connectivity index (χ4n) is 2.88. The van der Waals surface area contributed by atoms with Crippen molar-refractivity contribution in [3.8, 4) is 0 Å². The Kier molecular flexibility index (Phi) is 4.31. The quantitative estimate of drug-likeness (QED) is 0.691. The maximum absolute atomic E-state index is 12.3. The normalized spacial score (nSPS) is 25.9. The first-order valence-corrected chi connectivity index (χ1v) is 8.12. The molecule has 2 heterocycles. The van der Waals surface area contributed by atoms with E-state index in [1.54, 1.807) is 0 Å². The Morgan fingerprint density at radius 2 is 1.70 bits per heavy atom. The van der Waals surface area contributed by atoms with Crippen LogP contribution in [0.2, 0.25) is 0 Å². The number of piperidine rings is 1. The SMILES string of the molecule is NS(=O)(=O)N1CCC(C(=O)N2CCC[C@@H]2C(=O)O)CC1. The first kappa shape index (κ1) is 15.2. The Morgan fingerprint density at radius 3 is 2.20 bits per heavy atom. The Labute approximate surface area is 117 Å². The van der Waals surface area contributed by atoms with E-state index < -0.39 is 22.2 Å². The van der Waals surface area contributed by atoms with Crippen molar-refractivity contribution in [1.82, 2.24) is 9.21 Å². The zero-order valence-electron chi connectivity index (χ0n) is 11.1. The highest BCUT2D eigenvalue weighted by Gasteiger charge is 2.38. The third kappa shape index (κ3) is 3.10. The van der Waals surface area contributed by atoms with Gasteiger partial charge in [0.1, 0.15) is 6.04 Å². The molecule has 0 bridgehead atoms. The van der Waals surface area contributed by atoms with Crippen LogP contribution in [0.5, 0.6) is 0 Å². The van der Waals surface area contributed by atoms with Gasteiger partial charge in [-0.25, -0.2) is 9.93 Å². The zero-order valence-corrected chi connectivity index (χ0v) is 11.9. The minimum atomic E-state index is -3.70. The van der Waals surface area contributed by atoms with Crippen LogP contribution in [0.1, 0.15) is 25.7 Å². The first-order chi connectivity index (χ1) is 9.30. The van der Waals surface area contributed by atoms with Crippen molar-refractivity contribution in [2.75, 3.05) is 19.6 Å². The number of hydrogen-bond donors (Lipinski definition) is 2. The van der Waals surface area contributed by atoms with Gasteiger partial charge in [0, 0.05) is 25.6 Å². The van der Waals surface area contributed by atoms with Crippen LogP contribution >= 0.6 is 0 Å². The first-order valence-electron chi connectivity index (χ1n) is 6.62. The summed E-state index contributed by atoms with van der Waals surface area (Å²) in [5, 5.41) is 14.1. The molecular formula is C11H19N3O5S. The molecule has 0 spiro atoms. The standard InChI is InChI=1S/C11H19N3O5S/c12-20(18,19)13-6-3-8(4-7-13)10(15)14-5-1-2-9(14)11(16)17/h8-9H,1-7H2,(H,16,17)(H2,12,18,19)/t9-/m1/s1. The minimum Gasteiger partial charge on any atom is -0.480 e. The fraction of sp³-hybridized carbons (Fsp3) is 0.818. The van der Waals surface area contributed by atoms with Crippen LogP contribution in [0, 0.1) is 5.92 Å². The molecule has 2 aliphatic rings. The molecule has 0 aromatic heterocycles. The summed E-state index contributed by atoms with van der Waals surface area (Å²) in [6.45, 7) is 0.882. The van der Waals surface area contributed by atoms with Crippen molar-refractivity contribution in [3.05, 3.63) is 0 Å². The lowest BCUT2D eigenvalue weighted by Crippen LogP contribution is -2.48. The Bertz CT molecular complexity index is 498. The van der Waals surface area contributed by atoms with Crippen molar-refractivity contribution < 1.29 is 23.1 Å². The predicted octanol–water partition coefficient (Wildman–Crippen LogP) is -1.02. The largest absolute Gasteiger partial charge is 0.480 e. The van der Waals surface area contributed by atoms with Crippen molar-refractivity contribution in [2.45, 2.75) is 31.7 Å². The summed E-state index contributed by atoms with van der Waals surface area (Å²) in [4.78, 5) is 24.8. The molecule has 2 fully saturated rings. The summed E-state index contributed by atoms with van der Waals surface area (Å²) in [6.07, 6.45) is 1.95. The van der Waals surface area contributed by atoms with Gasteiger partial charge in [-0.2, -0.15) is 12.7 Å². The van der Waals surface area contributed by atoms with Crippen LogP contribution in [-0.2, 0) is 19.8 Å². The van der Waals surface area contributed by atoms with E-state index in [4.69, 9.17) is 10.2 Å². The number of carbonyl (C=O) groups excluding carboxylic acids is 1. The number of nitrogens with zero attached hydrogens (tertiary/aromatic N) is 2. The van der Waals surface area contributed by atoms with Crippen molar-refractivity contribution in [3.63, 3.8) is 0 Å². The van der Waals surface area contributed by atoms with Gasteiger partial charge in [-0.05, 0) is 25.7 Å². The number of hydrogen-bond acceptors (Lipinski definition) is 4. The predicted molar refractivity (Wildman–Crippen MR) is 69.8 cm³/mol. The van der Waals surface area contributed by atoms with Gasteiger partial charge < -0.3 is 10.0 Å². The van der Waals surface area contributed by atoms with E-state index in [2.05, 4.69) is 0 Å². The van der Waals surface area contributed by atoms with Gasteiger partial charge in [0.05, 0.1) is 0 Å². The van der Waals surface area contributed by atoms with Crippen molar-refractivity contribution in [1.29, 1.82) is 0 Å². The van der Waals surface area contributed by atoms with Crippen molar-refractivity contribution >= 4 is 22.1 Å². The van der Waals surface area contributed by atoms with E-state index in [9.17, 15) is 18.0 Å². The number of amides is 1. The van der Waals surface area contributed by atoms with Gasteiger partial charge in [-0.15, -0.1) is 0 Å². The van der Waals surface area contributed by atoms with Crippen molar-refractivity contribution in [2.24, 2.45) is 11.1 Å². The van der Waals surface area contributed by atoms with Crippen LogP contribution in [-0.4, -0.2) is 60.3 Å². The molecule has 2 aliphatic heterocycles. The molecule has 20 heavy (non-hydrogen) atoms. The Balaban J connectivity index is 1.97. The maximum atomic E-state index is 12.3. The molecule has 9 heteroatoms. The Hall–Kier alpha value is -1.19. The minimum absolute atomic E-state index is 0.177. The number of rotatable bonds is 3. The molecule has 3 N–H and O–H groups in total. The van der Waals surface area contributed by atoms with Gasteiger partial charge >= 0.3 is 5.97 Å². The molecule has 0 aliphatic carbocycles. The molecule has 2 saturated heterocycles. The van der Waals surface area contributed by atoms with Gasteiger partial charge in [0.2, 0.25) is 5.91 Å². The molecule has 2 rings (SSSR count). The molecule has 0 aromatic rings. The molecule has 0 radical (unpaired) electrons. The van der Waals surface area contributed by atoms with Gasteiger partial charge in [-0.3, -0.25) is 4.79 Å². The second-order valence-electron chi connectivity index (χ2n) is 5.25. The molecule has 0 unspecified atom stereocenters. The molecule has 1 atom stereocenters. The van der Waals surface area contributed by atoms with Crippen LogP contribution in [0.3, 0.4) is 0 Å². The average Bonchev–Trinajstić information content (AvgIpc) is 2.86. The molecule has 8 nitrogen and oxygen atoms in total. The lowest BCUT2D eigenvalue weighted by molar-refractivity contribution is -0.150. The number of nitrogens with two attached hydrogens (primary N) is 1. The smallest absolute Gasteiger partial charge is 0.326 e. The third-order valence-corrected chi connectivity index (χ3v) is 5.07. The zero-order chi connectivity index (χ0) is 14.9. The highest BCUT2D eigenvalue weighted by molar-refractivity contribution is 7.86. The summed E-state index contributed by atoms with van der Waals surface area (Å²) < 4.78 is 23.5. The van der Waals surface area contributed by atoms with E-state index >= 15 is 0 Å². The number of carboxylic acid groups (broad SMARTS) is 1. The average molecular weight is 305 g/mol. The molecule has 0 saturated carbocycles. The summed E-state index contributed by atoms with van der Waals surface area (Å²) in [7, 11) is -3.70. The van der Waals surface area contributed by atoms with Gasteiger partial charge in [-0.1, -0.05) is 0 Å². The monoisotopic (exact) mass is 305 g/mol. The summed E-state index contributed by atoms with van der Waals surface area (Å²) in [6, 6.07) is -0.737. The van der Waals surface area contributed by atoms with Crippen LogP contribution in [0.4, 0.5) is 0 Å². The summed E-state index contributed by atoms with van der Waals surface area (Å²) >= 11 is 0. The lowest BCUT2D eigenvalue weighted by Gasteiger charge is -2.32. The molecule has 114 valence electrons. The van der Waals surface area contributed by atoms with Gasteiger partial charge in [0.25, 0.3) is 10.2 Å². The molecule has 0 aromatic carbocycles. The van der Waals surface area contributed by atoms with Crippen LogP contribution in [0.25, 0.3) is 0 Å². The number of carbonyl (C=O) groups is 2. The molecule has 1 amide bonds. The fourth-order valence-corrected chi connectivity index (χ4v) is 3.60. The number of carboxylic acids is 1. The topological polar surface area (TPSA) is 121 Å². The maximum Gasteiger partial charge on any atom is 0.326 e. The van der Waals surface area contributed by atoms with Crippen LogP contribution < -0.4 is 5.14 Å². The number of aliphatic carboxylic acids is 1. The van der Waals surface area contributed by atoms with Gasteiger partial charge in [0.15, 0.2) is 0 Å². The Morgan fingerprint density at radius 1 is 1.10 bits per heavy atom. The summed E-state index contributed by atoms with van der Waals surface area (Å²) in [5.41, 5.74) is 0. The molecular weight excluding hydrogens is 286 g/mol. The van der Waals surface area contributed by atoms with Crippen LogP contribution in [0.15, 0.2) is 0 Å². The van der Waals surface area contributed by atoms with E-state index in [1.807, 2.05) is 0 Å². The number of likely N-dealkylation sites (tertiary alicyclic amines) is 1. The van der Waals surface area contributed by atoms with E-state index in [-0.39, 0.29) is 24.9 Å². The third-order valence-electron chi connectivity index (χ3n) is 3.98. The second kappa shape index (κ2) is 5.66. The summed E-state index contributed by atoms with van der Waals surface area (Å²) in [5.74, 6) is -1.46. The lowest BCUT2D eigenvalue weighted by atomic mass is 9.96. The van der Waals surface area contributed by atoms with E-state index in [0.717, 1.165) is 4.31 Å². The second-order valence-corrected chi connectivity index (χ2v) is 6.79. The highest BCUT2D eigenvalue weighted by Crippen LogP contribution is 2.25. The van der Waals surface area contributed by atoms with E-state index in [1.165, 1.54) is 4.90 Å². The van der Waals surface area contributed by atoms with E-state index in [0.29, 0.717) is 32.2 Å². The highest BCUT2D eigenvalue weighted by atomic mass is 32.2.